The molecule has 6 nitrogen and oxygen atoms in total. The Morgan fingerprint density at radius 2 is 1.57 bits per heavy atom. The van der Waals surface area contributed by atoms with E-state index in [1.165, 1.54) is 5.56 Å². The Labute approximate surface area is 179 Å². The molecule has 1 fully saturated rings. The number of rotatable bonds is 7. The number of carbonyl (C=O) groups is 2. The molecule has 3 rings (SSSR count). The highest BCUT2D eigenvalue weighted by Gasteiger charge is 2.27. The van der Waals surface area contributed by atoms with Gasteiger partial charge in [0.05, 0.1) is 18.6 Å². The van der Waals surface area contributed by atoms with Crippen LogP contribution in [0.3, 0.4) is 0 Å². The molecule has 1 aliphatic heterocycles. The summed E-state index contributed by atoms with van der Waals surface area (Å²) in [5.41, 5.74) is 3.09. The summed E-state index contributed by atoms with van der Waals surface area (Å²) in [5.74, 6) is 0.0340. The predicted molar refractivity (Wildman–Crippen MR) is 120 cm³/mol. The largest absolute Gasteiger partial charge is 0.348 e. The van der Waals surface area contributed by atoms with Crippen molar-refractivity contribution in [2.24, 2.45) is 0 Å². The monoisotopic (exact) mass is 408 g/mol. The summed E-state index contributed by atoms with van der Waals surface area (Å²) in [6, 6.07) is 17.6. The Balaban J connectivity index is 1.42. The summed E-state index contributed by atoms with van der Waals surface area (Å²) >= 11 is 0. The molecule has 2 amide bonds. The Hall–Kier alpha value is -2.70. The lowest BCUT2D eigenvalue weighted by Gasteiger charge is -2.37. The number of piperazine rings is 1. The van der Waals surface area contributed by atoms with E-state index in [9.17, 15) is 9.59 Å². The predicted octanol–water partition coefficient (Wildman–Crippen LogP) is 2.82. The van der Waals surface area contributed by atoms with Gasteiger partial charge in [-0.2, -0.15) is 0 Å². The van der Waals surface area contributed by atoms with Gasteiger partial charge in [0.25, 0.3) is 0 Å². The van der Waals surface area contributed by atoms with Crippen molar-refractivity contribution in [3.05, 3.63) is 65.7 Å². The van der Waals surface area contributed by atoms with Crippen molar-refractivity contribution in [2.75, 3.05) is 38.0 Å². The second-order valence-electron chi connectivity index (χ2n) is 8.04. The molecule has 0 radical (unpaired) electrons. The Morgan fingerprint density at radius 3 is 2.20 bits per heavy atom. The smallest absolute Gasteiger partial charge is 0.238 e. The lowest BCUT2D eigenvalue weighted by Crippen LogP contribution is -2.55. The molecule has 160 valence electrons. The Kier molecular flexibility index (Phi) is 7.60. The van der Waals surface area contributed by atoms with E-state index in [1.807, 2.05) is 75.4 Å². The molecule has 0 spiro atoms. The van der Waals surface area contributed by atoms with Gasteiger partial charge in [0.1, 0.15) is 0 Å². The minimum atomic E-state index is -0.195. The summed E-state index contributed by atoms with van der Waals surface area (Å²) in [7, 11) is 0. The Bertz CT molecular complexity index is 830. The molecule has 1 aliphatic rings. The summed E-state index contributed by atoms with van der Waals surface area (Å²) in [4.78, 5) is 29.3. The number of hydrogen-bond acceptors (Lipinski definition) is 4. The fourth-order valence-electron chi connectivity index (χ4n) is 3.67. The molecule has 0 bridgehead atoms. The highest BCUT2D eigenvalue weighted by molar-refractivity contribution is 5.92. The maximum absolute atomic E-state index is 12.7. The number of aryl methyl sites for hydroxylation is 1. The van der Waals surface area contributed by atoms with E-state index < -0.39 is 0 Å². The van der Waals surface area contributed by atoms with E-state index in [-0.39, 0.29) is 23.9 Å². The van der Waals surface area contributed by atoms with Crippen LogP contribution in [0.15, 0.2) is 54.6 Å². The zero-order chi connectivity index (χ0) is 21.5. The van der Waals surface area contributed by atoms with Crippen LogP contribution in [0.2, 0.25) is 0 Å². The van der Waals surface area contributed by atoms with Crippen molar-refractivity contribution < 1.29 is 9.59 Å². The molecule has 0 aliphatic carbocycles. The molecule has 1 heterocycles. The van der Waals surface area contributed by atoms with Crippen molar-refractivity contribution >= 4 is 17.5 Å². The van der Waals surface area contributed by atoms with Crippen molar-refractivity contribution in [2.45, 2.75) is 32.9 Å². The average molecular weight is 409 g/mol. The molecule has 0 unspecified atom stereocenters. The van der Waals surface area contributed by atoms with Crippen LogP contribution in [0, 0.1) is 6.92 Å². The molecule has 0 aromatic heterocycles. The quantitative estimate of drug-likeness (QED) is 0.740. The zero-order valence-electron chi connectivity index (χ0n) is 18.1. The summed E-state index contributed by atoms with van der Waals surface area (Å²) in [6.45, 7) is 9.43. The Morgan fingerprint density at radius 1 is 0.933 bits per heavy atom. The van der Waals surface area contributed by atoms with E-state index in [0.29, 0.717) is 6.54 Å². The van der Waals surface area contributed by atoms with Crippen LogP contribution < -0.4 is 10.6 Å². The number of amides is 2. The highest BCUT2D eigenvalue weighted by Crippen LogP contribution is 2.13. The average Bonchev–Trinajstić information content (AvgIpc) is 2.76. The van der Waals surface area contributed by atoms with Gasteiger partial charge < -0.3 is 10.6 Å². The molecule has 2 atom stereocenters. The van der Waals surface area contributed by atoms with Crippen molar-refractivity contribution in [3.8, 4) is 0 Å². The molecule has 6 heteroatoms. The van der Waals surface area contributed by atoms with Gasteiger partial charge in [-0.1, -0.05) is 48.0 Å². The number of anilines is 1. The third kappa shape index (κ3) is 6.15. The van der Waals surface area contributed by atoms with Gasteiger partial charge >= 0.3 is 0 Å². The van der Waals surface area contributed by atoms with Crippen molar-refractivity contribution in [3.63, 3.8) is 0 Å². The minimum Gasteiger partial charge on any atom is -0.348 e. The van der Waals surface area contributed by atoms with Gasteiger partial charge in [-0.3, -0.25) is 19.4 Å². The minimum absolute atomic E-state index is 0.00483. The van der Waals surface area contributed by atoms with E-state index >= 15 is 0 Å². The summed E-state index contributed by atoms with van der Waals surface area (Å²) < 4.78 is 0. The molecule has 30 heavy (non-hydrogen) atoms. The first-order valence-corrected chi connectivity index (χ1v) is 10.6. The topological polar surface area (TPSA) is 64.7 Å². The van der Waals surface area contributed by atoms with Crippen LogP contribution in [0.5, 0.6) is 0 Å². The van der Waals surface area contributed by atoms with Gasteiger partial charge in [0.2, 0.25) is 11.8 Å². The van der Waals surface area contributed by atoms with E-state index in [4.69, 9.17) is 0 Å². The molecular formula is C24H32N4O2. The fourth-order valence-corrected chi connectivity index (χ4v) is 3.67. The fraction of sp³-hybridized carbons (Fsp3) is 0.417. The second kappa shape index (κ2) is 10.4. The van der Waals surface area contributed by atoms with Gasteiger partial charge in [-0.05, 0) is 38.5 Å². The summed E-state index contributed by atoms with van der Waals surface area (Å²) in [6.07, 6.45) is 0. The standard InChI is InChI=1S/C24H32N4O2/c1-18-9-11-22(12-10-18)26-23(29)17-27-13-15-28(16-14-27)20(3)24(30)25-19(2)21-7-5-4-6-8-21/h4-12,19-20H,13-17H2,1-3H3,(H,25,30)(H,26,29)/t19-,20+/m0/s1. The van der Waals surface area contributed by atoms with Crippen LogP contribution in [-0.4, -0.2) is 60.4 Å². The molecule has 0 saturated carbocycles. The molecule has 2 aromatic carbocycles. The van der Waals surface area contributed by atoms with Gasteiger partial charge in [0, 0.05) is 31.9 Å². The first kappa shape index (κ1) is 22.0. The van der Waals surface area contributed by atoms with Crippen molar-refractivity contribution in [1.82, 2.24) is 15.1 Å². The third-order valence-corrected chi connectivity index (χ3v) is 5.69. The molecular weight excluding hydrogens is 376 g/mol. The first-order chi connectivity index (χ1) is 14.4. The second-order valence-corrected chi connectivity index (χ2v) is 8.04. The third-order valence-electron chi connectivity index (χ3n) is 5.69. The van der Waals surface area contributed by atoms with Gasteiger partial charge in [0.15, 0.2) is 0 Å². The SMILES string of the molecule is Cc1ccc(NC(=O)CN2CCN([C@H](C)C(=O)N[C@@H](C)c3ccccc3)CC2)cc1. The number of nitrogens with zero attached hydrogens (tertiary/aromatic N) is 2. The zero-order valence-corrected chi connectivity index (χ0v) is 18.1. The van der Waals surface area contributed by atoms with Gasteiger partial charge in [-0.25, -0.2) is 0 Å². The normalized spacial score (nSPS) is 17.2. The van der Waals surface area contributed by atoms with Crippen LogP contribution >= 0.6 is 0 Å². The lowest BCUT2D eigenvalue weighted by atomic mass is 10.1. The number of nitrogens with one attached hydrogen (secondary N) is 2. The van der Waals surface area contributed by atoms with Crippen LogP contribution in [0.1, 0.15) is 31.0 Å². The summed E-state index contributed by atoms with van der Waals surface area (Å²) in [5, 5.41) is 6.06. The highest BCUT2D eigenvalue weighted by atomic mass is 16.2. The molecule has 1 saturated heterocycles. The van der Waals surface area contributed by atoms with Crippen molar-refractivity contribution in [1.29, 1.82) is 0 Å². The molecule has 2 N–H and O–H groups in total. The van der Waals surface area contributed by atoms with E-state index in [0.717, 1.165) is 37.4 Å². The number of benzene rings is 2. The van der Waals surface area contributed by atoms with E-state index in [2.05, 4.69) is 20.4 Å². The van der Waals surface area contributed by atoms with Crippen LogP contribution in [0.25, 0.3) is 0 Å². The van der Waals surface area contributed by atoms with Crippen LogP contribution in [-0.2, 0) is 9.59 Å². The van der Waals surface area contributed by atoms with E-state index in [1.54, 1.807) is 0 Å². The maximum Gasteiger partial charge on any atom is 0.238 e. The lowest BCUT2D eigenvalue weighted by molar-refractivity contribution is -0.127. The first-order valence-electron chi connectivity index (χ1n) is 10.6. The molecule has 2 aromatic rings. The maximum atomic E-state index is 12.7. The van der Waals surface area contributed by atoms with Crippen LogP contribution in [0.4, 0.5) is 5.69 Å². The number of carbonyl (C=O) groups excluding carboxylic acids is 2. The van der Waals surface area contributed by atoms with Gasteiger partial charge in [-0.15, -0.1) is 0 Å². The number of hydrogen-bond donors (Lipinski definition) is 2.